The van der Waals surface area contributed by atoms with E-state index in [-0.39, 0.29) is 10.6 Å². The molecule has 1 heterocycles. The first-order valence-corrected chi connectivity index (χ1v) is 7.93. The quantitative estimate of drug-likeness (QED) is 0.908. The zero-order chi connectivity index (χ0) is 15.8. The van der Waals surface area contributed by atoms with Gasteiger partial charge in [0.1, 0.15) is 10.7 Å². The molecule has 0 saturated heterocycles. The Morgan fingerprint density at radius 1 is 1.19 bits per heavy atom. The third kappa shape index (κ3) is 2.66. The SMILES string of the molecule is COc1c(-c2cc(N)n(C)n2)ccc(S(C)(=O)=O)c1OC. The van der Waals surface area contributed by atoms with Crippen LogP contribution < -0.4 is 15.2 Å². The average Bonchev–Trinajstić information content (AvgIpc) is 2.75. The second-order valence-electron chi connectivity index (χ2n) is 4.53. The van der Waals surface area contributed by atoms with Gasteiger partial charge >= 0.3 is 0 Å². The van der Waals surface area contributed by atoms with Crippen LogP contribution in [0.2, 0.25) is 0 Å². The summed E-state index contributed by atoms with van der Waals surface area (Å²) in [5.41, 5.74) is 6.95. The molecule has 0 saturated carbocycles. The number of nitrogen functional groups attached to an aromatic ring is 1. The van der Waals surface area contributed by atoms with Crippen LogP contribution in [0.15, 0.2) is 23.1 Å². The van der Waals surface area contributed by atoms with E-state index in [1.54, 1.807) is 19.2 Å². The van der Waals surface area contributed by atoms with Crippen LogP contribution in [0, 0.1) is 0 Å². The molecule has 0 spiro atoms. The molecule has 2 N–H and O–H groups in total. The van der Waals surface area contributed by atoms with Gasteiger partial charge in [-0.2, -0.15) is 5.10 Å². The molecular weight excluding hydrogens is 294 g/mol. The fourth-order valence-electron chi connectivity index (χ4n) is 2.05. The van der Waals surface area contributed by atoms with E-state index in [4.69, 9.17) is 15.2 Å². The van der Waals surface area contributed by atoms with Crippen LogP contribution in [0.4, 0.5) is 5.82 Å². The molecule has 21 heavy (non-hydrogen) atoms. The number of nitrogens with two attached hydrogens (primary N) is 1. The smallest absolute Gasteiger partial charge is 0.180 e. The molecule has 2 rings (SSSR count). The van der Waals surface area contributed by atoms with Crippen LogP contribution in [0.1, 0.15) is 0 Å². The number of nitrogens with zero attached hydrogens (tertiary/aromatic N) is 2. The number of aryl methyl sites for hydroxylation is 1. The van der Waals surface area contributed by atoms with Crippen molar-refractivity contribution in [2.24, 2.45) is 7.05 Å². The molecule has 1 aromatic heterocycles. The lowest BCUT2D eigenvalue weighted by Gasteiger charge is -2.14. The molecule has 1 aromatic carbocycles. The molecule has 0 amide bonds. The number of sulfone groups is 1. The minimum absolute atomic E-state index is 0.0644. The first-order chi connectivity index (χ1) is 9.79. The fraction of sp³-hybridized carbons (Fsp3) is 0.308. The molecule has 7 nitrogen and oxygen atoms in total. The van der Waals surface area contributed by atoms with Crippen LogP contribution in [0.3, 0.4) is 0 Å². The summed E-state index contributed by atoms with van der Waals surface area (Å²) in [6.07, 6.45) is 1.11. The van der Waals surface area contributed by atoms with Gasteiger partial charge in [-0.3, -0.25) is 4.68 Å². The molecule has 0 atom stereocenters. The van der Waals surface area contributed by atoms with E-state index >= 15 is 0 Å². The number of anilines is 1. The van der Waals surface area contributed by atoms with Crippen molar-refractivity contribution in [3.8, 4) is 22.8 Å². The van der Waals surface area contributed by atoms with Gasteiger partial charge in [0.15, 0.2) is 21.3 Å². The van der Waals surface area contributed by atoms with Gasteiger partial charge in [0, 0.05) is 24.9 Å². The lowest BCUT2D eigenvalue weighted by atomic mass is 10.1. The van der Waals surface area contributed by atoms with E-state index in [0.29, 0.717) is 22.8 Å². The highest BCUT2D eigenvalue weighted by atomic mass is 32.2. The summed E-state index contributed by atoms with van der Waals surface area (Å²) in [7, 11) is 1.12. The Balaban J connectivity index is 2.75. The summed E-state index contributed by atoms with van der Waals surface area (Å²) in [4.78, 5) is 0.0644. The molecule has 114 valence electrons. The molecule has 0 radical (unpaired) electrons. The second kappa shape index (κ2) is 5.28. The highest BCUT2D eigenvalue weighted by Gasteiger charge is 2.23. The topological polar surface area (TPSA) is 96.4 Å². The van der Waals surface area contributed by atoms with Crippen molar-refractivity contribution < 1.29 is 17.9 Å². The number of rotatable bonds is 4. The lowest BCUT2D eigenvalue weighted by molar-refractivity contribution is 0.348. The fourth-order valence-corrected chi connectivity index (χ4v) is 2.88. The largest absolute Gasteiger partial charge is 0.492 e. The molecule has 2 aromatic rings. The van der Waals surface area contributed by atoms with E-state index in [0.717, 1.165) is 6.26 Å². The molecule has 8 heteroatoms. The minimum atomic E-state index is -3.44. The lowest BCUT2D eigenvalue weighted by Crippen LogP contribution is -2.03. The maximum absolute atomic E-state index is 11.8. The van der Waals surface area contributed by atoms with Crippen molar-refractivity contribution in [3.05, 3.63) is 18.2 Å². The number of hydrogen-bond donors (Lipinski definition) is 1. The van der Waals surface area contributed by atoms with Crippen molar-refractivity contribution in [2.75, 3.05) is 26.2 Å². The molecule has 0 unspecified atom stereocenters. The maximum Gasteiger partial charge on any atom is 0.180 e. The van der Waals surface area contributed by atoms with E-state index in [1.807, 2.05) is 0 Å². The number of methoxy groups -OCH3 is 2. The molecule has 0 aliphatic heterocycles. The van der Waals surface area contributed by atoms with Gasteiger partial charge in [-0.25, -0.2) is 8.42 Å². The Kier molecular flexibility index (Phi) is 3.82. The van der Waals surface area contributed by atoms with Crippen LogP contribution in [0.5, 0.6) is 11.5 Å². The van der Waals surface area contributed by atoms with Gasteiger partial charge in [-0.15, -0.1) is 0 Å². The zero-order valence-electron chi connectivity index (χ0n) is 12.2. The maximum atomic E-state index is 11.8. The molecule has 0 bridgehead atoms. The van der Waals surface area contributed by atoms with Crippen LogP contribution >= 0.6 is 0 Å². The molecule has 0 aliphatic carbocycles. The van der Waals surface area contributed by atoms with E-state index in [9.17, 15) is 8.42 Å². The van der Waals surface area contributed by atoms with E-state index in [2.05, 4.69) is 5.10 Å². The predicted molar refractivity (Wildman–Crippen MR) is 79.3 cm³/mol. The summed E-state index contributed by atoms with van der Waals surface area (Å²) < 4.78 is 35.7. The van der Waals surface area contributed by atoms with Gasteiger partial charge in [-0.1, -0.05) is 0 Å². The van der Waals surface area contributed by atoms with Gasteiger partial charge < -0.3 is 15.2 Å². The van der Waals surface area contributed by atoms with E-state index in [1.165, 1.54) is 25.0 Å². The minimum Gasteiger partial charge on any atom is -0.492 e. The number of aromatic nitrogens is 2. The van der Waals surface area contributed by atoms with Gasteiger partial charge in [0.05, 0.1) is 19.9 Å². The molecular formula is C13H17N3O4S. The number of hydrogen-bond acceptors (Lipinski definition) is 6. The standard InChI is InChI=1S/C13H17N3O4S/c1-16-11(14)7-9(15-16)8-5-6-10(21(4,17)18)13(20-3)12(8)19-2/h5-7H,14H2,1-4H3. The Bertz CT molecular complexity index is 761. The van der Waals surface area contributed by atoms with Crippen molar-refractivity contribution >= 4 is 15.7 Å². The van der Waals surface area contributed by atoms with Crippen LogP contribution in [-0.2, 0) is 16.9 Å². The van der Waals surface area contributed by atoms with Crippen LogP contribution in [-0.4, -0.2) is 38.7 Å². The van der Waals surface area contributed by atoms with Crippen molar-refractivity contribution in [1.29, 1.82) is 0 Å². The normalized spacial score (nSPS) is 11.4. The summed E-state index contributed by atoms with van der Waals surface area (Å²) >= 11 is 0. The third-order valence-corrected chi connectivity index (χ3v) is 4.20. The summed E-state index contributed by atoms with van der Waals surface area (Å²) in [6, 6.07) is 4.77. The molecule has 0 fully saturated rings. The first kappa shape index (κ1) is 15.2. The first-order valence-electron chi connectivity index (χ1n) is 6.04. The Hall–Kier alpha value is -2.22. The Morgan fingerprint density at radius 3 is 2.24 bits per heavy atom. The van der Waals surface area contributed by atoms with Crippen molar-refractivity contribution in [3.63, 3.8) is 0 Å². The Morgan fingerprint density at radius 2 is 1.81 bits per heavy atom. The van der Waals surface area contributed by atoms with Crippen molar-refractivity contribution in [2.45, 2.75) is 4.90 Å². The van der Waals surface area contributed by atoms with E-state index < -0.39 is 9.84 Å². The Labute approximate surface area is 123 Å². The average molecular weight is 311 g/mol. The number of benzene rings is 1. The third-order valence-electron chi connectivity index (χ3n) is 3.08. The van der Waals surface area contributed by atoms with Gasteiger partial charge in [0.2, 0.25) is 0 Å². The second-order valence-corrected chi connectivity index (χ2v) is 6.51. The van der Waals surface area contributed by atoms with Crippen LogP contribution in [0.25, 0.3) is 11.3 Å². The highest BCUT2D eigenvalue weighted by Crippen LogP contribution is 2.42. The summed E-state index contributed by atoms with van der Waals surface area (Å²) in [5, 5.41) is 4.26. The number of ether oxygens (including phenoxy) is 2. The molecule has 0 aliphatic rings. The monoisotopic (exact) mass is 311 g/mol. The zero-order valence-corrected chi connectivity index (χ0v) is 13.1. The van der Waals surface area contributed by atoms with Gasteiger partial charge in [0.25, 0.3) is 0 Å². The highest BCUT2D eigenvalue weighted by molar-refractivity contribution is 7.90. The summed E-state index contributed by atoms with van der Waals surface area (Å²) in [5.74, 6) is 0.943. The summed E-state index contributed by atoms with van der Waals surface area (Å²) in [6.45, 7) is 0. The van der Waals surface area contributed by atoms with Crippen molar-refractivity contribution in [1.82, 2.24) is 9.78 Å². The predicted octanol–water partition coefficient (Wildman–Crippen LogP) is 1.09. The van der Waals surface area contributed by atoms with Gasteiger partial charge in [-0.05, 0) is 12.1 Å².